The highest BCUT2D eigenvalue weighted by Gasteiger charge is 2.28. The lowest BCUT2D eigenvalue weighted by Gasteiger charge is -2.14. The molecule has 3 N–H and O–H groups in total. The number of hydrogen-bond donors (Lipinski definition) is 3. The molecule has 2 aliphatic heterocycles. The van der Waals surface area contributed by atoms with Crippen LogP contribution in [0.5, 0.6) is 0 Å². The predicted octanol–water partition coefficient (Wildman–Crippen LogP) is 2.93. The van der Waals surface area contributed by atoms with Crippen molar-refractivity contribution in [1.29, 1.82) is 0 Å². The first-order valence-corrected chi connectivity index (χ1v) is 13.5. The van der Waals surface area contributed by atoms with Gasteiger partial charge in [-0.3, -0.25) is 4.79 Å². The van der Waals surface area contributed by atoms with Gasteiger partial charge in [0, 0.05) is 22.6 Å². The molecular weight excluding hydrogens is 468 g/mol. The van der Waals surface area contributed by atoms with Gasteiger partial charge in [-0.15, -0.1) is 0 Å². The number of ether oxygens (including phenoxy) is 1. The van der Waals surface area contributed by atoms with Crippen LogP contribution in [-0.2, 0) is 26.0 Å². The first-order chi connectivity index (χ1) is 16.7. The van der Waals surface area contributed by atoms with Crippen LogP contribution in [0.2, 0.25) is 0 Å². The fourth-order valence-electron chi connectivity index (χ4n) is 4.79. The average molecular weight is 501 g/mol. The second kappa shape index (κ2) is 10.3. The highest BCUT2D eigenvalue weighted by Crippen LogP contribution is 2.36. The van der Waals surface area contributed by atoms with Crippen LogP contribution in [0.3, 0.4) is 0 Å². The van der Waals surface area contributed by atoms with E-state index < -0.39 is 10.0 Å². The van der Waals surface area contributed by atoms with Gasteiger partial charge in [-0.2, -0.15) is 0 Å². The zero-order valence-electron chi connectivity index (χ0n) is 20.4. The lowest BCUT2D eigenvalue weighted by atomic mass is 10.00. The molecular formula is C25H32N4O5S. The zero-order chi connectivity index (χ0) is 25.2. The summed E-state index contributed by atoms with van der Waals surface area (Å²) >= 11 is 0. The predicted molar refractivity (Wildman–Crippen MR) is 135 cm³/mol. The summed E-state index contributed by atoms with van der Waals surface area (Å²) in [4.78, 5) is 31.4. The van der Waals surface area contributed by atoms with E-state index in [1.807, 2.05) is 6.92 Å². The maximum Gasteiger partial charge on any atom is 0.340 e. The molecule has 4 rings (SSSR count). The van der Waals surface area contributed by atoms with Gasteiger partial charge in [0.05, 0.1) is 22.6 Å². The summed E-state index contributed by atoms with van der Waals surface area (Å²) in [6.07, 6.45) is 5.66. The first-order valence-electron chi connectivity index (χ1n) is 12.0. The van der Waals surface area contributed by atoms with E-state index >= 15 is 0 Å². The molecule has 0 bridgehead atoms. The number of likely N-dealkylation sites (tertiary alicyclic amines) is 1. The van der Waals surface area contributed by atoms with E-state index in [9.17, 15) is 18.0 Å². The Bertz CT molecular complexity index is 1270. The van der Waals surface area contributed by atoms with Gasteiger partial charge in [0.15, 0.2) is 0 Å². The second-order valence-corrected chi connectivity index (χ2v) is 10.7. The summed E-state index contributed by atoms with van der Waals surface area (Å²) in [6.45, 7) is 7.00. The molecule has 1 aromatic heterocycles. The molecule has 0 unspecified atom stereocenters. The Kier molecular flexibility index (Phi) is 7.44. The Morgan fingerprint density at radius 2 is 2.00 bits per heavy atom. The Labute approximate surface area is 206 Å². The van der Waals surface area contributed by atoms with Gasteiger partial charge in [0.2, 0.25) is 10.0 Å². The molecule has 0 spiro atoms. The van der Waals surface area contributed by atoms with Gasteiger partial charge in [-0.1, -0.05) is 0 Å². The molecule has 0 aliphatic carbocycles. The van der Waals surface area contributed by atoms with Crippen molar-refractivity contribution in [3.8, 4) is 0 Å². The minimum Gasteiger partial charge on any atom is -0.462 e. The molecule has 1 fully saturated rings. The smallest absolute Gasteiger partial charge is 0.340 e. The van der Waals surface area contributed by atoms with Crippen molar-refractivity contribution in [2.45, 2.75) is 44.4 Å². The average Bonchev–Trinajstić information content (AvgIpc) is 3.52. The molecule has 0 radical (unpaired) electrons. The summed E-state index contributed by atoms with van der Waals surface area (Å²) < 4.78 is 32.2. The van der Waals surface area contributed by atoms with E-state index in [-0.39, 0.29) is 23.4 Å². The number of anilines is 1. The molecule has 9 nitrogen and oxygen atoms in total. The number of carbonyl (C=O) groups is 2. The number of sulfonamides is 1. The van der Waals surface area contributed by atoms with E-state index in [0.29, 0.717) is 40.2 Å². The SMILES string of the molecule is CCOC(=O)c1c(C)[nH]c(C=C2C(=O)Nc3ccc(S(=O)(=O)NC)cc32)c1CCCN1CCCC1. The fraction of sp³-hybridized carbons (Fsp3) is 0.440. The van der Waals surface area contributed by atoms with Gasteiger partial charge in [-0.05, 0) is 96.1 Å². The number of nitrogens with one attached hydrogen (secondary N) is 3. The highest BCUT2D eigenvalue weighted by molar-refractivity contribution is 7.89. The van der Waals surface area contributed by atoms with Crippen molar-refractivity contribution in [3.05, 3.63) is 46.3 Å². The fourth-order valence-corrected chi connectivity index (χ4v) is 5.54. The number of amides is 1. The number of H-pyrrole nitrogens is 1. The number of carbonyl (C=O) groups excluding carboxylic acids is 2. The van der Waals surface area contributed by atoms with Crippen LogP contribution in [0.15, 0.2) is 23.1 Å². The zero-order valence-corrected chi connectivity index (χ0v) is 21.2. The van der Waals surface area contributed by atoms with Crippen LogP contribution >= 0.6 is 0 Å². The maximum atomic E-state index is 12.8. The third-order valence-corrected chi connectivity index (χ3v) is 7.96. The number of esters is 1. The van der Waals surface area contributed by atoms with E-state index in [4.69, 9.17) is 4.74 Å². The Morgan fingerprint density at radius 3 is 2.69 bits per heavy atom. The molecule has 2 aliphatic rings. The van der Waals surface area contributed by atoms with Crippen molar-refractivity contribution < 1.29 is 22.7 Å². The van der Waals surface area contributed by atoms with Gasteiger partial charge >= 0.3 is 5.97 Å². The molecule has 0 saturated carbocycles. The monoisotopic (exact) mass is 500 g/mol. The molecule has 3 heterocycles. The third kappa shape index (κ3) is 5.19. The molecule has 1 saturated heterocycles. The molecule has 188 valence electrons. The van der Waals surface area contributed by atoms with Crippen molar-refractivity contribution in [2.75, 3.05) is 38.6 Å². The lowest BCUT2D eigenvalue weighted by Crippen LogP contribution is -2.21. The number of aromatic amines is 1. The van der Waals surface area contributed by atoms with Crippen LogP contribution in [0, 0.1) is 6.92 Å². The molecule has 1 aromatic carbocycles. The summed E-state index contributed by atoms with van der Waals surface area (Å²) in [5, 5.41) is 2.79. The van der Waals surface area contributed by atoms with Crippen LogP contribution in [0.25, 0.3) is 11.6 Å². The van der Waals surface area contributed by atoms with E-state index in [1.165, 1.54) is 32.0 Å². The topological polar surface area (TPSA) is 121 Å². The summed E-state index contributed by atoms with van der Waals surface area (Å²) in [5.74, 6) is -0.715. The number of fused-ring (bicyclic) bond motifs is 1. The van der Waals surface area contributed by atoms with Crippen LogP contribution in [0.1, 0.15) is 59.1 Å². The summed E-state index contributed by atoms with van der Waals surface area (Å²) in [5.41, 5.74) is 4.03. The van der Waals surface area contributed by atoms with Gasteiger partial charge < -0.3 is 19.9 Å². The maximum absolute atomic E-state index is 12.8. The summed E-state index contributed by atoms with van der Waals surface area (Å²) in [7, 11) is -2.33. The van der Waals surface area contributed by atoms with Crippen molar-refractivity contribution in [3.63, 3.8) is 0 Å². The number of benzene rings is 1. The standard InChI is InChI=1S/C25H32N4O5S/c1-4-34-25(31)23-16(2)27-22(18(23)8-7-13-29-11-5-6-12-29)15-20-19-14-17(35(32,33)26-3)9-10-21(19)28-24(20)30/h9-10,14-15,26-27H,4-8,11-13H2,1-3H3,(H,28,30). The first kappa shape index (κ1) is 25.2. The lowest BCUT2D eigenvalue weighted by molar-refractivity contribution is -0.110. The van der Waals surface area contributed by atoms with Crippen molar-refractivity contribution in [1.82, 2.24) is 14.6 Å². The quantitative estimate of drug-likeness (QED) is 0.360. The highest BCUT2D eigenvalue weighted by atomic mass is 32.2. The molecule has 10 heteroatoms. The van der Waals surface area contributed by atoms with Crippen LogP contribution in [-0.4, -0.2) is 63.5 Å². The molecule has 35 heavy (non-hydrogen) atoms. The van der Waals surface area contributed by atoms with Crippen molar-refractivity contribution in [2.24, 2.45) is 0 Å². The minimum atomic E-state index is -3.67. The number of aromatic nitrogens is 1. The second-order valence-electron chi connectivity index (χ2n) is 8.82. The normalized spacial score (nSPS) is 17.1. The molecule has 1 amide bonds. The van der Waals surface area contributed by atoms with E-state index in [1.54, 1.807) is 19.1 Å². The van der Waals surface area contributed by atoms with Crippen molar-refractivity contribution >= 4 is 39.2 Å². The Morgan fingerprint density at radius 1 is 1.26 bits per heavy atom. The van der Waals surface area contributed by atoms with Gasteiger partial charge in [0.1, 0.15) is 0 Å². The number of nitrogens with zero attached hydrogens (tertiary/aromatic N) is 1. The van der Waals surface area contributed by atoms with Gasteiger partial charge in [-0.25, -0.2) is 17.9 Å². The Balaban J connectivity index is 1.73. The van der Waals surface area contributed by atoms with E-state index in [2.05, 4.69) is 19.9 Å². The largest absolute Gasteiger partial charge is 0.462 e. The molecule has 0 atom stereocenters. The summed E-state index contributed by atoms with van der Waals surface area (Å²) in [6, 6.07) is 4.52. The van der Waals surface area contributed by atoms with Crippen LogP contribution < -0.4 is 10.0 Å². The Hall–Kier alpha value is -2.95. The van der Waals surface area contributed by atoms with E-state index in [0.717, 1.165) is 31.6 Å². The molecule has 2 aromatic rings. The number of hydrogen-bond acceptors (Lipinski definition) is 6. The van der Waals surface area contributed by atoms with Gasteiger partial charge in [0.25, 0.3) is 5.91 Å². The number of aryl methyl sites for hydroxylation is 1. The number of rotatable bonds is 9. The minimum absolute atomic E-state index is 0.0712. The van der Waals surface area contributed by atoms with Crippen LogP contribution in [0.4, 0.5) is 5.69 Å². The third-order valence-electron chi connectivity index (χ3n) is 6.55.